The molecule has 2 atom stereocenters. The lowest BCUT2D eigenvalue weighted by Crippen LogP contribution is -2.45. The minimum absolute atomic E-state index is 0.234. The molecular formula is C24H24F2N2OS. The Morgan fingerprint density at radius 1 is 1.13 bits per heavy atom. The largest absolute Gasteiger partial charge is 0.338 e. The van der Waals surface area contributed by atoms with Crippen LogP contribution in [-0.4, -0.2) is 23.6 Å². The Balaban J connectivity index is 1.77. The second-order valence-corrected chi connectivity index (χ2v) is 9.13. The van der Waals surface area contributed by atoms with E-state index in [1.165, 1.54) is 0 Å². The maximum atomic E-state index is 14.4. The third-order valence-electron chi connectivity index (χ3n) is 6.23. The molecule has 6 heteroatoms. The summed E-state index contributed by atoms with van der Waals surface area (Å²) in [7, 11) is 0. The van der Waals surface area contributed by atoms with E-state index in [2.05, 4.69) is 11.4 Å². The van der Waals surface area contributed by atoms with Crippen molar-refractivity contribution in [2.24, 2.45) is 5.92 Å². The average Bonchev–Trinajstić information content (AvgIpc) is 3.53. The van der Waals surface area contributed by atoms with Crippen LogP contribution >= 0.6 is 11.8 Å². The Morgan fingerprint density at radius 3 is 2.50 bits per heavy atom. The number of nitrogens with zero attached hydrogens (tertiary/aromatic N) is 1. The summed E-state index contributed by atoms with van der Waals surface area (Å²) in [6.45, 7) is 0. The van der Waals surface area contributed by atoms with Crippen molar-refractivity contribution in [2.75, 3.05) is 6.26 Å². The molecule has 156 valence electrons. The molecule has 0 saturated heterocycles. The van der Waals surface area contributed by atoms with Crippen LogP contribution in [0.25, 0.3) is 11.1 Å². The molecule has 30 heavy (non-hydrogen) atoms. The Hall–Kier alpha value is -2.39. The molecule has 0 aliphatic heterocycles. The number of carbonyl (C=O) groups is 1. The molecule has 4 rings (SSSR count). The zero-order valence-electron chi connectivity index (χ0n) is 16.8. The lowest BCUT2D eigenvalue weighted by atomic mass is 9.71. The first-order chi connectivity index (χ1) is 14.4. The van der Waals surface area contributed by atoms with E-state index in [0.717, 1.165) is 21.6 Å². The highest BCUT2D eigenvalue weighted by atomic mass is 32.2. The Morgan fingerprint density at radius 2 is 1.87 bits per heavy atom. The van der Waals surface area contributed by atoms with Gasteiger partial charge in [-0.25, -0.2) is 8.78 Å². The van der Waals surface area contributed by atoms with Gasteiger partial charge in [-0.2, -0.15) is 5.26 Å². The minimum atomic E-state index is -2.87. The van der Waals surface area contributed by atoms with Gasteiger partial charge in [0.2, 0.25) is 11.8 Å². The van der Waals surface area contributed by atoms with Gasteiger partial charge in [-0.1, -0.05) is 42.5 Å². The number of alkyl halides is 2. The van der Waals surface area contributed by atoms with Gasteiger partial charge in [-0.3, -0.25) is 4.79 Å². The first-order valence-corrected chi connectivity index (χ1v) is 11.4. The molecule has 0 radical (unpaired) electrons. The Labute approximate surface area is 179 Å². The number of hydrogen-bond donors (Lipinski definition) is 1. The quantitative estimate of drug-likeness (QED) is 0.618. The maximum absolute atomic E-state index is 14.4. The van der Waals surface area contributed by atoms with Gasteiger partial charge in [0.25, 0.3) is 0 Å². The fraction of sp³-hybridized carbons (Fsp3) is 0.417. The second kappa shape index (κ2) is 8.03. The van der Waals surface area contributed by atoms with Crippen LogP contribution in [0.1, 0.15) is 43.6 Å². The van der Waals surface area contributed by atoms with Gasteiger partial charge in [0, 0.05) is 17.7 Å². The molecule has 2 aliphatic carbocycles. The number of thioether (sulfide) groups is 1. The molecule has 2 fully saturated rings. The summed E-state index contributed by atoms with van der Waals surface area (Å²) in [5.41, 5.74) is 2.09. The molecule has 0 aromatic heterocycles. The van der Waals surface area contributed by atoms with Crippen LogP contribution in [0.15, 0.2) is 53.4 Å². The smallest absolute Gasteiger partial charge is 0.249 e. The number of halogens is 2. The molecule has 1 amide bonds. The molecule has 3 nitrogen and oxygen atoms in total. The van der Waals surface area contributed by atoms with Crippen molar-refractivity contribution >= 4 is 17.7 Å². The van der Waals surface area contributed by atoms with E-state index in [4.69, 9.17) is 0 Å². The van der Waals surface area contributed by atoms with Crippen LogP contribution in [-0.2, 0) is 4.79 Å². The van der Waals surface area contributed by atoms with Crippen LogP contribution in [0.4, 0.5) is 8.78 Å². The van der Waals surface area contributed by atoms with Crippen LogP contribution in [0.2, 0.25) is 0 Å². The highest BCUT2D eigenvalue weighted by Gasteiger charge is 2.50. The van der Waals surface area contributed by atoms with Gasteiger partial charge in [-0.15, -0.1) is 11.8 Å². The molecule has 0 heterocycles. The summed E-state index contributed by atoms with van der Waals surface area (Å²) in [4.78, 5) is 14.1. The summed E-state index contributed by atoms with van der Waals surface area (Å²) in [6.07, 6.45) is 2.65. The maximum Gasteiger partial charge on any atom is 0.249 e. The van der Waals surface area contributed by atoms with E-state index in [9.17, 15) is 18.8 Å². The highest BCUT2D eigenvalue weighted by Crippen LogP contribution is 2.50. The SMILES string of the molecule is CSc1cccc(-c2ccccc2)c1C1CCC(F)(F)CC1C(=O)NC1(C#N)CC1. The van der Waals surface area contributed by atoms with E-state index < -0.39 is 29.7 Å². The first-order valence-electron chi connectivity index (χ1n) is 10.2. The molecular weight excluding hydrogens is 402 g/mol. The van der Waals surface area contributed by atoms with Gasteiger partial charge in [-0.05, 0) is 54.2 Å². The van der Waals surface area contributed by atoms with Gasteiger partial charge in [0.15, 0.2) is 0 Å². The lowest BCUT2D eigenvalue weighted by Gasteiger charge is -2.37. The monoisotopic (exact) mass is 426 g/mol. The van der Waals surface area contributed by atoms with E-state index >= 15 is 0 Å². The molecule has 1 N–H and O–H groups in total. The fourth-order valence-corrected chi connectivity index (χ4v) is 5.14. The number of nitrogens with one attached hydrogen (secondary N) is 1. The van der Waals surface area contributed by atoms with Crippen LogP contribution in [0.5, 0.6) is 0 Å². The topological polar surface area (TPSA) is 52.9 Å². The normalized spacial score (nSPS) is 23.9. The van der Waals surface area contributed by atoms with E-state index in [1.807, 2.05) is 54.8 Å². The van der Waals surface area contributed by atoms with Crippen LogP contribution in [0, 0.1) is 17.2 Å². The number of benzene rings is 2. The van der Waals surface area contributed by atoms with Crippen LogP contribution in [0.3, 0.4) is 0 Å². The van der Waals surface area contributed by atoms with Gasteiger partial charge in [0.1, 0.15) is 5.54 Å². The summed E-state index contributed by atoms with van der Waals surface area (Å²) in [5, 5.41) is 12.1. The van der Waals surface area contributed by atoms with Crippen molar-refractivity contribution < 1.29 is 13.6 Å². The predicted molar refractivity (Wildman–Crippen MR) is 114 cm³/mol. The average molecular weight is 427 g/mol. The van der Waals surface area contributed by atoms with Crippen molar-refractivity contribution in [3.8, 4) is 17.2 Å². The lowest BCUT2D eigenvalue weighted by molar-refractivity contribution is -0.134. The highest BCUT2D eigenvalue weighted by molar-refractivity contribution is 7.98. The predicted octanol–water partition coefficient (Wildman–Crippen LogP) is 5.77. The summed E-state index contributed by atoms with van der Waals surface area (Å²) >= 11 is 1.57. The second-order valence-electron chi connectivity index (χ2n) is 8.28. The number of amides is 1. The first kappa shape index (κ1) is 20.9. The van der Waals surface area contributed by atoms with Crippen molar-refractivity contribution in [1.82, 2.24) is 5.32 Å². The Bertz CT molecular complexity index is 982. The number of nitriles is 1. The molecule has 2 aromatic rings. The van der Waals surface area contributed by atoms with Gasteiger partial charge < -0.3 is 5.32 Å². The van der Waals surface area contributed by atoms with Crippen molar-refractivity contribution in [3.05, 3.63) is 54.1 Å². The molecule has 2 aliphatic rings. The zero-order chi connectivity index (χ0) is 21.4. The van der Waals surface area contributed by atoms with Crippen molar-refractivity contribution in [2.45, 2.75) is 54.4 Å². The molecule has 0 bridgehead atoms. The van der Waals surface area contributed by atoms with E-state index in [0.29, 0.717) is 12.8 Å². The summed E-state index contributed by atoms with van der Waals surface area (Å²) in [5.74, 6) is -4.48. The fourth-order valence-electron chi connectivity index (χ4n) is 4.45. The summed E-state index contributed by atoms with van der Waals surface area (Å²) < 4.78 is 28.8. The van der Waals surface area contributed by atoms with E-state index in [-0.39, 0.29) is 18.8 Å². The van der Waals surface area contributed by atoms with Crippen molar-refractivity contribution in [1.29, 1.82) is 5.26 Å². The number of rotatable bonds is 5. The van der Waals surface area contributed by atoms with E-state index in [1.54, 1.807) is 11.8 Å². The standard InChI is InChI=1S/C24H24F2N2OS/c1-30-20-9-5-8-17(16-6-3-2-4-7-16)21(20)18-10-11-24(25,26)14-19(18)22(29)28-23(15-27)12-13-23/h2-9,18-19H,10-14H2,1H3,(H,28,29). The third kappa shape index (κ3) is 4.09. The molecule has 0 spiro atoms. The van der Waals surface area contributed by atoms with Crippen LogP contribution < -0.4 is 5.32 Å². The van der Waals surface area contributed by atoms with Crippen molar-refractivity contribution in [3.63, 3.8) is 0 Å². The number of carbonyl (C=O) groups excluding carboxylic acids is 1. The molecule has 2 saturated carbocycles. The zero-order valence-corrected chi connectivity index (χ0v) is 17.6. The third-order valence-corrected chi connectivity index (χ3v) is 7.03. The molecule has 2 unspecified atom stereocenters. The van der Waals surface area contributed by atoms with Gasteiger partial charge >= 0.3 is 0 Å². The summed E-state index contributed by atoms with van der Waals surface area (Å²) in [6, 6.07) is 18.0. The van der Waals surface area contributed by atoms with Gasteiger partial charge in [0.05, 0.1) is 12.0 Å². The minimum Gasteiger partial charge on any atom is -0.338 e. The number of hydrogen-bond acceptors (Lipinski definition) is 3. The molecule has 2 aromatic carbocycles. The Kier molecular flexibility index (Phi) is 5.59.